The third-order valence-electron chi connectivity index (χ3n) is 2.60. The summed E-state index contributed by atoms with van der Waals surface area (Å²) in [7, 11) is 0. The minimum Gasteiger partial charge on any atom is -0.493 e. The molecule has 0 atom stereocenters. The maximum atomic E-state index is 12.1. The maximum absolute atomic E-state index is 12.1. The van der Waals surface area contributed by atoms with Crippen molar-refractivity contribution in [3.8, 4) is 5.75 Å². The molecule has 0 bridgehead atoms. The third kappa shape index (κ3) is 2.09. The van der Waals surface area contributed by atoms with Gasteiger partial charge in [-0.05, 0) is 25.1 Å². The predicted molar refractivity (Wildman–Crippen MR) is 69.6 cm³/mol. The lowest BCUT2D eigenvalue weighted by molar-refractivity contribution is 0.344. The van der Waals surface area contributed by atoms with Crippen LogP contribution >= 0.6 is 0 Å². The number of ether oxygens (including phenoxy) is 1. The first kappa shape index (κ1) is 11.5. The molecule has 2 rings (SSSR count). The van der Waals surface area contributed by atoms with Gasteiger partial charge in [-0.25, -0.2) is 0 Å². The molecule has 0 radical (unpaired) electrons. The van der Waals surface area contributed by atoms with Gasteiger partial charge in [0, 0.05) is 18.1 Å². The summed E-state index contributed by atoms with van der Waals surface area (Å²) < 4.78 is 7.14. The number of benzene rings is 1. The molecule has 0 spiro atoms. The first-order valence-electron chi connectivity index (χ1n) is 5.63. The number of pyridine rings is 1. The van der Waals surface area contributed by atoms with E-state index in [1.807, 2.05) is 31.2 Å². The van der Waals surface area contributed by atoms with Gasteiger partial charge in [-0.15, -0.1) is 6.58 Å². The summed E-state index contributed by atoms with van der Waals surface area (Å²) in [6.07, 6.45) is 3.48. The molecule has 0 amide bonds. The van der Waals surface area contributed by atoms with Crippen LogP contribution in [0.5, 0.6) is 5.75 Å². The van der Waals surface area contributed by atoms with Gasteiger partial charge in [0.25, 0.3) is 5.56 Å². The monoisotopic (exact) mass is 229 g/mol. The van der Waals surface area contributed by atoms with Gasteiger partial charge in [0.1, 0.15) is 5.75 Å². The Morgan fingerprint density at radius 3 is 2.88 bits per heavy atom. The van der Waals surface area contributed by atoms with Gasteiger partial charge in [-0.2, -0.15) is 0 Å². The van der Waals surface area contributed by atoms with Crippen LogP contribution in [0.3, 0.4) is 0 Å². The highest BCUT2D eigenvalue weighted by molar-refractivity contribution is 5.87. The number of nitrogens with zero attached hydrogens (tertiary/aromatic N) is 1. The molecule has 0 aliphatic rings. The topological polar surface area (TPSA) is 31.2 Å². The Kier molecular flexibility index (Phi) is 3.28. The van der Waals surface area contributed by atoms with E-state index in [0.29, 0.717) is 18.5 Å². The molecule has 1 heterocycles. The summed E-state index contributed by atoms with van der Waals surface area (Å²) >= 11 is 0. The number of hydrogen-bond donors (Lipinski definition) is 0. The van der Waals surface area contributed by atoms with Crippen LogP contribution < -0.4 is 10.3 Å². The van der Waals surface area contributed by atoms with E-state index in [4.69, 9.17) is 4.74 Å². The Morgan fingerprint density at radius 2 is 2.18 bits per heavy atom. The lowest BCUT2D eigenvalue weighted by atomic mass is 10.1. The van der Waals surface area contributed by atoms with Gasteiger partial charge in [-0.1, -0.05) is 12.1 Å². The van der Waals surface area contributed by atoms with Crippen molar-refractivity contribution in [3.05, 3.63) is 53.5 Å². The van der Waals surface area contributed by atoms with Crippen LogP contribution in [-0.2, 0) is 6.54 Å². The second-order valence-electron chi connectivity index (χ2n) is 3.71. The van der Waals surface area contributed by atoms with Crippen molar-refractivity contribution < 1.29 is 4.74 Å². The summed E-state index contributed by atoms with van der Waals surface area (Å²) in [5.41, 5.74) is -0.0102. The van der Waals surface area contributed by atoms with Crippen molar-refractivity contribution in [2.45, 2.75) is 13.5 Å². The Balaban J connectivity index is 2.67. The first-order chi connectivity index (χ1) is 8.27. The van der Waals surface area contributed by atoms with E-state index in [0.717, 1.165) is 11.1 Å². The van der Waals surface area contributed by atoms with Gasteiger partial charge in [-0.3, -0.25) is 4.79 Å². The number of hydrogen-bond acceptors (Lipinski definition) is 2. The summed E-state index contributed by atoms with van der Waals surface area (Å²) in [4.78, 5) is 12.1. The first-order valence-corrected chi connectivity index (χ1v) is 5.63. The average molecular weight is 229 g/mol. The fourth-order valence-corrected chi connectivity index (χ4v) is 1.85. The lowest BCUT2D eigenvalue weighted by Crippen LogP contribution is -2.18. The number of allylic oxidation sites excluding steroid dienone is 1. The highest BCUT2D eigenvalue weighted by Crippen LogP contribution is 2.22. The molecule has 0 aliphatic carbocycles. The van der Waals surface area contributed by atoms with E-state index >= 15 is 0 Å². The SMILES string of the molecule is C=CCn1ccc2c(OCC)cccc2c1=O. The van der Waals surface area contributed by atoms with E-state index in [9.17, 15) is 4.79 Å². The molecule has 1 aromatic carbocycles. The van der Waals surface area contributed by atoms with Crippen LogP contribution in [0.25, 0.3) is 10.8 Å². The van der Waals surface area contributed by atoms with Crippen LogP contribution in [-0.4, -0.2) is 11.2 Å². The van der Waals surface area contributed by atoms with Crippen LogP contribution in [0.2, 0.25) is 0 Å². The fraction of sp³-hybridized carbons (Fsp3) is 0.214. The quantitative estimate of drug-likeness (QED) is 0.754. The van der Waals surface area contributed by atoms with Crippen LogP contribution in [0, 0.1) is 0 Å². The normalized spacial score (nSPS) is 10.4. The molecule has 2 aromatic rings. The van der Waals surface area contributed by atoms with Crippen LogP contribution in [0.4, 0.5) is 0 Å². The summed E-state index contributed by atoms with van der Waals surface area (Å²) in [6, 6.07) is 7.45. The molecule has 17 heavy (non-hydrogen) atoms. The third-order valence-corrected chi connectivity index (χ3v) is 2.60. The molecule has 0 saturated heterocycles. The van der Waals surface area contributed by atoms with Gasteiger partial charge >= 0.3 is 0 Å². The largest absolute Gasteiger partial charge is 0.493 e. The van der Waals surface area contributed by atoms with Gasteiger partial charge in [0.05, 0.1) is 12.0 Å². The van der Waals surface area contributed by atoms with E-state index in [1.54, 1.807) is 16.8 Å². The number of aromatic nitrogens is 1. The Labute approximate surface area is 100.0 Å². The van der Waals surface area contributed by atoms with Crippen molar-refractivity contribution in [2.24, 2.45) is 0 Å². The number of rotatable bonds is 4. The van der Waals surface area contributed by atoms with E-state index in [2.05, 4.69) is 6.58 Å². The summed E-state index contributed by atoms with van der Waals surface area (Å²) in [5.74, 6) is 0.757. The van der Waals surface area contributed by atoms with Crippen LogP contribution in [0.1, 0.15) is 6.92 Å². The molecule has 3 nitrogen and oxygen atoms in total. The molecule has 1 aromatic heterocycles. The maximum Gasteiger partial charge on any atom is 0.258 e. The van der Waals surface area contributed by atoms with Crippen molar-refractivity contribution in [2.75, 3.05) is 6.61 Å². The summed E-state index contributed by atoms with van der Waals surface area (Å²) in [6.45, 7) is 6.68. The zero-order chi connectivity index (χ0) is 12.3. The average Bonchev–Trinajstić information content (AvgIpc) is 2.34. The van der Waals surface area contributed by atoms with Gasteiger partial charge < -0.3 is 9.30 Å². The van der Waals surface area contributed by atoms with Crippen LogP contribution in [0.15, 0.2) is 47.9 Å². The predicted octanol–water partition coefficient (Wildman–Crippen LogP) is 2.59. The smallest absolute Gasteiger partial charge is 0.258 e. The van der Waals surface area contributed by atoms with Crippen molar-refractivity contribution in [1.82, 2.24) is 4.57 Å². The second-order valence-corrected chi connectivity index (χ2v) is 3.71. The minimum atomic E-state index is -0.0102. The molecule has 88 valence electrons. The molecular weight excluding hydrogens is 214 g/mol. The van der Waals surface area contributed by atoms with Crippen molar-refractivity contribution in [1.29, 1.82) is 0 Å². The fourth-order valence-electron chi connectivity index (χ4n) is 1.85. The zero-order valence-electron chi connectivity index (χ0n) is 9.85. The second kappa shape index (κ2) is 4.87. The number of fused-ring (bicyclic) bond motifs is 1. The summed E-state index contributed by atoms with van der Waals surface area (Å²) in [5, 5.41) is 1.54. The molecule has 0 N–H and O–H groups in total. The van der Waals surface area contributed by atoms with Crippen molar-refractivity contribution >= 4 is 10.8 Å². The highest BCUT2D eigenvalue weighted by Gasteiger charge is 2.06. The Morgan fingerprint density at radius 1 is 1.35 bits per heavy atom. The highest BCUT2D eigenvalue weighted by atomic mass is 16.5. The van der Waals surface area contributed by atoms with E-state index in [1.165, 1.54) is 0 Å². The molecule has 0 fully saturated rings. The molecular formula is C14H15NO2. The van der Waals surface area contributed by atoms with Crippen molar-refractivity contribution in [3.63, 3.8) is 0 Å². The molecule has 3 heteroatoms. The molecule has 0 unspecified atom stereocenters. The standard InChI is InChI=1S/C14H15NO2/c1-3-9-15-10-8-11-12(14(15)16)6-5-7-13(11)17-4-2/h3,5-8,10H,1,4,9H2,2H3. The lowest BCUT2D eigenvalue weighted by Gasteiger charge is -2.09. The Hall–Kier alpha value is -2.03. The molecule has 0 saturated carbocycles. The van der Waals surface area contributed by atoms with Gasteiger partial charge in [0.2, 0.25) is 0 Å². The van der Waals surface area contributed by atoms with E-state index in [-0.39, 0.29) is 5.56 Å². The minimum absolute atomic E-state index is 0.0102. The van der Waals surface area contributed by atoms with E-state index < -0.39 is 0 Å². The Bertz CT molecular complexity index is 599. The zero-order valence-corrected chi connectivity index (χ0v) is 9.85. The van der Waals surface area contributed by atoms with Gasteiger partial charge in [0.15, 0.2) is 0 Å². The molecule has 0 aliphatic heterocycles.